The Morgan fingerprint density at radius 1 is 1.23 bits per heavy atom. The van der Waals surface area contributed by atoms with E-state index in [4.69, 9.17) is 9.15 Å². The molecule has 31 heavy (non-hydrogen) atoms. The van der Waals surface area contributed by atoms with Crippen molar-refractivity contribution >= 4 is 11.6 Å². The minimum atomic E-state index is -0.141. The zero-order valence-electron chi connectivity index (χ0n) is 17.7. The maximum Gasteiger partial charge on any atom is 0.255 e. The van der Waals surface area contributed by atoms with Crippen molar-refractivity contribution < 1.29 is 13.9 Å². The summed E-state index contributed by atoms with van der Waals surface area (Å²) < 4.78 is 11.4. The highest BCUT2D eigenvalue weighted by atomic mass is 16.5. The molecule has 1 aromatic carbocycles. The van der Waals surface area contributed by atoms with Gasteiger partial charge in [0.2, 0.25) is 5.88 Å². The summed E-state index contributed by atoms with van der Waals surface area (Å²) in [7, 11) is 0. The SMILES string of the molecule is CC1Cc2ccccc2N1Cc1occc1C(=O)NCc1ccc(OCC2CC2)nc1. The van der Waals surface area contributed by atoms with Crippen molar-refractivity contribution in [2.24, 2.45) is 5.92 Å². The van der Waals surface area contributed by atoms with Gasteiger partial charge in [-0.25, -0.2) is 4.98 Å². The lowest BCUT2D eigenvalue weighted by Gasteiger charge is -2.24. The second-order valence-corrected chi connectivity index (χ2v) is 8.51. The van der Waals surface area contributed by atoms with Gasteiger partial charge in [0, 0.05) is 30.5 Å². The van der Waals surface area contributed by atoms with Crippen LogP contribution in [0, 0.1) is 5.92 Å². The highest BCUT2D eigenvalue weighted by Crippen LogP contribution is 2.33. The molecule has 1 saturated carbocycles. The first kappa shape index (κ1) is 19.7. The lowest BCUT2D eigenvalue weighted by molar-refractivity contribution is 0.0949. The fraction of sp³-hybridized carbons (Fsp3) is 0.360. The quantitative estimate of drug-likeness (QED) is 0.590. The van der Waals surface area contributed by atoms with Crippen LogP contribution in [0.25, 0.3) is 0 Å². The number of ether oxygens (including phenoxy) is 1. The Labute approximate surface area is 182 Å². The molecular weight excluding hydrogens is 390 g/mol. The van der Waals surface area contributed by atoms with E-state index in [-0.39, 0.29) is 5.91 Å². The molecule has 5 rings (SSSR count). The van der Waals surface area contributed by atoms with Crippen LogP contribution in [0.1, 0.15) is 47.0 Å². The molecule has 6 heteroatoms. The number of para-hydroxylation sites is 1. The van der Waals surface area contributed by atoms with Gasteiger partial charge in [0.25, 0.3) is 5.91 Å². The number of hydrogen-bond donors (Lipinski definition) is 1. The molecule has 1 fully saturated rings. The first-order valence-electron chi connectivity index (χ1n) is 10.9. The molecule has 0 saturated heterocycles. The minimum Gasteiger partial charge on any atom is -0.477 e. The molecule has 2 aromatic heterocycles. The largest absolute Gasteiger partial charge is 0.477 e. The number of pyridine rings is 1. The number of fused-ring (bicyclic) bond motifs is 1. The van der Waals surface area contributed by atoms with Crippen molar-refractivity contribution in [2.75, 3.05) is 11.5 Å². The molecule has 6 nitrogen and oxygen atoms in total. The third kappa shape index (κ3) is 4.43. The number of amides is 1. The smallest absolute Gasteiger partial charge is 0.255 e. The molecule has 1 aliphatic carbocycles. The average Bonchev–Trinajstić information content (AvgIpc) is 3.41. The molecule has 1 atom stereocenters. The lowest BCUT2D eigenvalue weighted by Crippen LogP contribution is -2.30. The van der Waals surface area contributed by atoms with E-state index in [1.807, 2.05) is 12.1 Å². The van der Waals surface area contributed by atoms with Crippen molar-refractivity contribution in [3.8, 4) is 5.88 Å². The fourth-order valence-corrected chi connectivity index (χ4v) is 4.06. The van der Waals surface area contributed by atoms with Crippen molar-refractivity contribution in [1.82, 2.24) is 10.3 Å². The third-order valence-corrected chi connectivity index (χ3v) is 6.07. The van der Waals surface area contributed by atoms with E-state index in [0.717, 1.165) is 18.6 Å². The molecule has 1 amide bonds. The maximum atomic E-state index is 12.8. The van der Waals surface area contributed by atoms with Gasteiger partial charge in [-0.1, -0.05) is 24.3 Å². The van der Waals surface area contributed by atoms with Gasteiger partial charge in [-0.05, 0) is 55.4 Å². The van der Waals surface area contributed by atoms with Crippen LogP contribution in [0.2, 0.25) is 0 Å². The van der Waals surface area contributed by atoms with E-state index in [2.05, 4.69) is 46.4 Å². The number of hydrogen-bond acceptors (Lipinski definition) is 5. The van der Waals surface area contributed by atoms with Gasteiger partial charge in [0.15, 0.2) is 0 Å². The van der Waals surface area contributed by atoms with E-state index in [0.29, 0.717) is 42.3 Å². The summed E-state index contributed by atoms with van der Waals surface area (Å²) >= 11 is 0. The van der Waals surface area contributed by atoms with E-state index < -0.39 is 0 Å². The molecule has 1 N–H and O–H groups in total. The number of benzene rings is 1. The first-order valence-corrected chi connectivity index (χ1v) is 10.9. The molecule has 160 valence electrons. The summed E-state index contributed by atoms with van der Waals surface area (Å²) in [5.41, 5.74) is 4.06. The second kappa shape index (κ2) is 8.46. The van der Waals surface area contributed by atoms with Gasteiger partial charge in [0.05, 0.1) is 25.0 Å². The Kier molecular flexibility index (Phi) is 5.37. The number of aromatic nitrogens is 1. The summed E-state index contributed by atoms with van der Waals surface area (Å²) in [6.45, 7) is 3.92. The molecule has 2 aliphatic rings. The highest BCUT2D eigenvalue weighted by molar-refractivity contribution is 5.95. The van der Waals surface area contributed by atoms with Gasteiger partial charge >= 0.3 is 0 Å². The van der Waals surface area contributed by atoms with Gasteiger partial charge in [-0.2, -0.15) is 0 Å². The Morgan fingerprint density at radius 2 is 2.10 bits per heavy atom. The van der Waals surface area contributed by atoms with E-state index in [1.54, 1.807) is 18.5 Å². The lowest BCUT2D eigenvalue weighted by atomic mass is 10.1. The third-order valence-electron chi connectivity index (χ3n) is 6.07. The fourth-order valence-electron chi connectivity index (χ4n) is 4.06. The molecule has 3 aromatic rings. The number of nitrogens with zero attached hydrogens (tertiary/aromatic N) is 2. The van der Waals surface area contributed by atoms with Crippen LogP contribution in [0.4, 0.5) is 5.69 Å². The molecule has 3 heterocycles. The number of rotatable bonds is 8. The summed E-state index contributed by atoms with van der Waals surface area (Å²) in [6.07, 6.45) is 6.85. The first-order chi connectivity index (χ1) is 15.2. The van der Waals surface area contributed by atoms with E-state index in [9.17, 15) is 4.79 Å². The Balaban J connectivity index is 1.20. The van der Waals surface area contributed by atoms with Gasteiger partial charge in [0.1, 0.15) is 5.76 Å². The van der Waals surface area contributed by atoms with Crippen molar-refractivity contribution in [3.63, 3.8) is 0 Å². The van der Waals surface area contributed by atoms with Gasteiger partial charge in [-0.3, -0.25) is 4.79 Å². The van der Waals surface area contributed by atoms with Crippen LogP contribution in [0.15, 0.2) is 59.3 Å². The predicted octanol–water partition coefficient (Wildman–Crippen LogP) is 4.34. The average molecular weight is 418 g/mol. The maximum absolute atomic E-state index is 12.8. The van der Waals surface area contributed by atoms with Gasteiger partial charge in [-0.15, -0.1) is 0 Å². The number of carbonyl (C=O) groups excluding carboxylic acids is 1. The molecular formula is C25H27N3O3. The highest BCUT2D eigenvalue weighted by Gasteiger charge is 2.28. The standard InChI is InChI=1S/C25H27N3O3/c1-17-12-20-4-2-3-5-22(20)28(17)15-23-21(10-11-30-23)25(29)27-14-19-8-9-24(26-13-19)31-16-18-6-7-18/h2-5,8-11,13,17-18H,6-7,12,14-16H2,1H3,(H,27,29). The molecule has 1 aliphatic heterocycles. The number of nitrogens with one attached hydrogen (secondary N) is 1. The monoisotopic (exact) mass is 417 g/mol. The second-order valence-electron chi connectivity index (χ2n) is 8.51. The Hall–Kier alpha value is -3.28. The summed E-state index contributed by atoms with van der Waals surface area (Å²) in [5, 5.41) is 2.98. The molecule has 1 unspecified atom stereocenters. The van der Waals surface area contributed by atoms with Crippen LogP contribution in [0.5, 0.6) is 5.88 Å². The number of anilines is 1. The Morgan fingerprint density at radius 3 is 2.90 bits per heavy atom. The zero-order valence-corrected chi connectivity index (χ0v) is 17.7. The van der Waals surface area contributed by atoms with E-state index >= 15 is 0 Å². The van der Waals surface area contributed by atoms with Crippen LogP contribution < -0.4 is 15.0 Å². The van der Waals surface area contributed by atoms with Gasteiger partial charge < -0.3 is 19.4 Å². The van der Waals surface area contributed by atoms with Crippen LogP contribution >= 0.6 is 0 Å². The summed E-state index contributed by atoms with van der Waals surface area (Å²) in [6, 6.07) is 14.3. The topological polar surface area (TPSA) is 67.6 Å². The predicted molar refractivity (Wildman–Crippen MR) is 118 cm³/mol. The van der Waals surface area contributed by atoms with E-state index in [1.165, 1.54) is 24.1 Å². The van der Waals surface area contributed by atoms with Crippen LogP contribution in [0.3, 0.4) is 0 Å². The van der Waals surface area contributed by atoms with Crippen molar-refractivity contribution in [2.45, 2.75) is 45.3 Å². The van der Waals surface area contributed by atoms with Crippen molar-refractivity contribution in [1.29, 1.82) is 0 Å². The van der Waals surface area contributed by atoms with Crippen LogP contribution in [-0.2, 0) is 19.5 Å². The molecule has 0 spiro atoms. The Bertz CT molecular complexity index is 1060. The van der Waals surface area contributed by atoms with Crippen molar-refractivity contribution in [3.05, 3.63) is 77.4 Å². The molecule has 0 bridgehead atoms. The number of carbonyl (C=O) groups is 1. The van der Waals surface area contributed by atoms with Crippen LogP contribution in [-0.4, -0.2) is 23.5 Å². The summed E-state index contributed by atoms with van der Waals surface area (Å²) in [5.74, 6) is 1.88. The summed E-state index contributed by atoms with van der Waals surface area (Å²) in [4.78, 5) is 19.5. The molecule has 0 radical (unpaired) electrons. The zero-order chi connectivity index (χ0) is 21.2. The normalized spacial score (nSPS) is 17.5. The number of furan rings is 1. The minimum absolute atomic E-state index is 0.141.